The molecule has 2 heterocycles. The number of hydrogen-bond donors (Lipinski definition) is 0. The molecule has 0 aliphatic heterocycles. The van der Waals surface area contributed by atoms with Gasteiger partial charge in [0, 0.05) is 30.4 Å². The number of nitrogens with zero attached hydrogens (tertiary/aromatic N) is 2. The van der Waals surface area contributed by atoms with Gasteiger partial charge in [-0.15, -0.1) is 0 Å². The van der Waals surface area contributed by atoms with E-state index in [1.807, 2.05) is 36.9 Å². The number of benzene rings is 6. The van der Waals surface area contributed by atoms with Crippen LogP contribution in [0.2, 0.25) is 0 Å². The molecule has 0 aliphatic rings. The van der Waals surface area contributed by atoms with E-state index in [2.05, 4.69) is 131 Å². The summed E-state index contributed by atoms with van der Waals surface area (Å²) in [7, 11) is 0. The third-order valence-corrected chi connectivity index (χ3v) is 8.24. The summed E-state index contributed by atoms with van der Waals surface area (Å²) in [6, 6.07) is 48.2. The summed E-state index contributed by atoms with van der Waals surface area (Å²) in [5, 5.41) is 7.48. The van der Waals surface area contributed by atoms with Gasteiger partial charge in [0.2, 0.25) is 0 Å². The van der Waals surface area contributed by atoms with E-state index in [-0.39, 0.29) is 0 Å². The van der Waals surface area contributed by atoms with Crippen molar-refractivity contribution >= 4 is 32.3 Å². The molecule has 0 unspecified atom stereocenters. The molecule has 196 valence electrons. The fraction of sp³-hybridized carbons (Fsp3) is 0. The Morgan fingerprint density at radius 1 is 0.333 bits per heavy atom. The molecule has 0 bridgehead atoms. The number of rotatable bonds is 4. The number of aromatic nitrogens is 2. The lowest BCUT2D eigenvalue weighted by Crippen LogP contribution is -1.92. The van der Waals surface area contributed by atoms with Crippen LogP contribution >= 0.6 is 0 Å². The molecule has 0 N–H and O–H groups in total. The van der Waals surface area contributed by atoms with E-state index < -0.39 is 0 Å². The summed E-state index contributed by atoms with van der Waals surface area (Å²) in [5.74, 6) is 0. The van der Waals surface area contributed by atoms with Gasteiger partial charge >= 0.3 is 0 Å². The standard InChI is InChI=1S/C40H26N2/c1-3-13-37-35(11-1)39(28-18-16-27(17-19-28)31-9-6-22-41-25-31)36-12-2-4-14-38(36)40(37)34-15-5-8-30-24-29(20-21-33(30)34)32-10-7-23-42-26-32/h1-26H. The fourth-order valence-electron chi connectivity index (χ4n) is 6.31. The molecular formula is C40H26N2. The molecule has 2 nitrogen and oxygen atoms in total. The average Bonchev–Trinajstić information content (AvgIpc) is 3.07. The Kier molecular flexibility index (Phi) is 5.82. The Bertz CT molecular complexity index is 2160. The van der Waals surface area contributed by atoms with E-state index in [0.717, 1.165) is 11.1 Å². The minimum atomic E-state index is 1.12. The summed E-state index contributed by atoms with van der Waals surface area (Å²) >= 11 is 0. The van der Waals surface area contributed by atoms with Crippen LogP contribution in [0.25, 0.3) is 76.8 Å². The van der Waals surface area contributed by atoms with E-state index >= 15 is 0 Å². The van der Waals surface area contributed by atoms with Crippen LogP contribution in [0, 0.1) is 0 Å². The van der Waals surface area contributed by atoms with Crippen LogP contribution in [0.4, 0.5) is 0 Å². The first kappa shape index (κ1) is 24.2. The zero-order chi connectivity index (χ0) is 27.9. The molecule has 0 spiro atoms. The molecule has 2 aromatic heterocycles. The van der Waals surface area contributed by atoms with Crippen LogP contribution in [-0.2, 0) is 0 Å². The molecule has 8 aromatic rings. The topological polar surface area (TPSA) is 25.8 Å². The molecular weight excluding hydrogens is 508 g/mol. The Balaban J connectivity index is 1.37. The molecule has 0 amide bonds. The van der Waals surface area contributed by atoms with Crippen molar-refractivity contribution in [2.24, 2.45) is 0 Å². The maximum Gasteiger partial charge on any atom is 0.0346 e. The van der Waals surface area contributed by atoms with E-state index in [1.54, 1.807) is 0 Å². The predicted molar refractivity (Wildman–Crippen MR) is 176 cm³/mol. The lowest BCUT2D eigenvalue weighted by Gasteiger charge is -2.19. The predicted octanol–water partition coefficient (Wildman–Crippen LogP) is 10.6. The van der Waals surface area contributed by atoms with Crippen LogP contribution in [0.3, 0.4) is 0 Å². The van der Waals surface area contributed by atoms with Crippen molar-refractivity contribution in [3.63, 3.8) is 0 Å². The molecule has 0 fully saturated rings. The first-order valence-electron chi connectivity index (χ1n) is 14.2. The van der Waals surface area contributed by atoms with Gasteiger partial charge in [-0.25, -0.2) is 0 Å². The van der Waals surface area contributed by atoms with Crippen molar-refractivity contribution in [1.82, 2.24) is 9.97 Å². The second-order valence-electron chi connectivity index (χ2n) is 10.6. The zero-order valence-corrected chi connectivity index (χ0v) is 22.9. The van der Waals surface area contributed by atoms with Crippen molar-refractivity contribution < 1.29 is 0 Å². The van der Waals surface area contributed by atoms with Gasteiger partial charge in [0.1, 0.15) is 0 Å². The molecule has 0 saturated carbocycles. The van der Waals surface area contributed by atoms with Crippen LogP contribution in [0.15, 0.2) is 158 Å². The molecule has 42 heavy (non-hydrogen) atoms. The minimum absolute atomic E-state index is 1.12. The van der Waals surface area contributed by atoms with E-state index in [9.17, 15) is 0 Å². The number of pyridine rings is 2. The first-order chi connectivity index (χ1) is 20.8. The largest absolute Gasteiger partial charge is 0.264 e. The smallest absolute Gasteiger partial charge is 0.0346 e. The molecule has 0 saturated heterocycles. The highest BCUT2D eigenvalue weighted by Crippen LogP contribution is 2.45. The lowest BCUT2D eigenvalue weighted by molar-refractivity contribution is 1.33. The van der Waals surface area contributed by atoms with Gasteiger partial charge in [-0.05, 0) is 89.5 Å². The number of hydrogen-bond acceptors (Lipinski definition) is 2. The van der Waals surface area contributed by atoms with Gasteiger partial charge in [-0.3, -0.25) is 9.97 Å². The van der Waals surface area contributed by atoms with Gasteiger partial charge in [-0.2, -0.15) is 0 Å². The van der Waals surface area contributed by atoms with Gasteiger partial charge < -0.3 is 0 Å². The second-order valence-corrected chi connectivity index (χ2v) is 10.6. The Labute approximate surface area is 244 Å². The van der Waals surface area contributed by atoms with Crippen molar-refractivity contribution in [2.75, 3.05) is 0 Å². The Morgan fingerprint density at radius 3 is 1.48 bits per heavy atom. The zero-order valence-electron chi connectivity index (χ0n) is 22.9. The monoisotopic (exact) mass is 534 g/mol. The van der Waals surface area contributed by atoms with Gasteiger partial charge in [0.25, 0.3) is 0 Å². The highest BCUT2D eigenvalue weighted by Gasteiger charge is 2.18. The minimum Gasteiger partial charge on any atom is -0.264 e. The molecule has 0 radical (unpaired) electrons. The third-order valence-electron chi connectivity index (χ3n) is 8.24. The molecule has 6 aromatic carbocycles. The second kappa shape index (κ2) is 10.1. The maximum absolute atomic E-state index is 4.33. The Hall–Kier alpha value is -5.60. The van der Waals surface area contributed by atoms with Gasteiger partial charge in [0.05, 0.1) is 0 Å². The van der Waals surface area contributed by atoms with Crippen LogP contribution < -0.4 is 0 Å². The Morgan fingerprint density at radius 2 is 0.881 bits per heavy atom. The molecule has 0 atom stereocenters. The SMILES string of the molecule is c1cncc(-c2ccc(-c3c4ccccc4c(-c4cccc5cc(-c6cccnc6)ccc45)c4ccccc34)cc2)c1. The van der Waals surface area contributed by atoms with Crippen molar-refractivity contribution in [1.29, 1.82) is 0 Å². The van der Waals surface area contributed by atoms with Gasteiger partial charge in [0.15, 0.2) is 0 Å². The van der Waals surface area contributed by atoms with Crippen molar-refractivity contribution in [3.8, 4) is 44.5 Å². The van der Waals surface area contributed by atoms with E-state index in [1.165, 1.54) is 65.7 Å². The van der Waals surface area contributed by atoms with Crippen LogP contribution in [0.5, 0.6) is 0 Å². The van der Waals surface area contributed by atoms with E-state index in [4.69, 9.17) is 0 Å². The maximum atomic E-state index is 4.33. The summed E-state index contributed by atoms with van der Waals surface area (Å²) < 4.78 is 0. The molecule has 0 aliphatic carbocycles. The summed E-state index contributed by atoms with van der Waals surface area (Å²) in [6.45, 7) is 0. The third kappa shape index (κ3) is 4.05. The summed E-state index contributed by atoms with van der Waals surface area (Å²) in [5.41, 5.74) is 9.58. The van der Waals surface area contributed by atoms with Crippen molar-refractivity contribution in [3.05, 3.63) is 158 Å². The van der Waals surface area contributed by atoms with Crippen LogP contribution in [0.1, 0.15) is 0 Å². The van der Waals surface area contributed by atoms with Crippen LogP contribution in [-0.4, -0.2) is 9.97 Å². The van der Waals surface area contributed by atoms with Crippen molar-refractivity contribution in [2.45, 2.75) is 0 Å². The van der Waals surface area contributed by atoms with E-state index in [0.29, 0.717) is 0 Å². The normalized spacial score (nSPS) is 11.3. The number of fused-ring (bicyclic) bond motifs is 3. The highest BCUT2D eigenvalue weighted by molar-refractivity contribution is 6.23. The lowest BCUT2D eigenvalue weighted by atomic mass is 9.84. The quantitative estimate of drug-likeness (QED) is 0.210. The average molecular weight is 535 g/mol. The summed E-state index contributed by atoms with van der Waals surface area (Å²) in [6.07, 6.45) is 7.47. The fourth-order valence-corrected chi connectivity index (χ4v) is 6.31. The van der Waals surface area contributed by atoms with Gasteiger partial charge in [-0.1, -0.05) is 115 Å². The highest BCUT2D eigenvalue weighted by atomic mass is 14.6. The summed E-state index contributed by atoms with van der Waals surface area (Å²) in [4.78, 5) is 8.63. The molecule has 2 heteroatoms. The first-order valence-corrected chi connectivity index (χ1v) is 14.2. The molecule has 8 rings (SSSR count).